The van der Waals surface area contributed by atoms with Crippen molar-refractivity contribution < 1.29 is 48.0 Å². The predicted molar refractivity (Wildman–Crippen MR) is 161 cm³/mol. The van der Waals surface area contributed by atoms with Crippen LogP contribution in [0.25, 0.3) is 0 Å². The molecule has 46 heavy (non-hydrogen) atoms. The Morgan fingerprint density at radius 2 is 1.67 bits per heavy atom. The molecule has 4 aliphatic rings. The molecule has 2 amide bonds. The molecule has 3 aliphatic heterocycles. The lowest BCUT2D eigenvalue weighted by molar-refractivity contribution is -0.201. The van der Waals surface area contributed by atoms with Crippen LogP contribution in [0.15, 0.2) is 53.6 Å². The van der Waals surface area contributed by atoms with Gasteiger partial charge in [0, 0.05) is 35.8 Å². The number of methoxy groups -OCH3 is 3. The van der Waals surface area contributed by atoms with E-state index in [0.29, 0.717) is 56.2 Å². The zero-order valence-corrected chi connectivity index (χ0v) is 25.3. The van der Waals surface area contributed by atoms with Crippen LogP contribution in [0.4, 0.5) is 5.69 Å². The van der Waals surface area contributed by atoms with Gasteiger partial charge in [-0.05, 0) is 59.7 Å². The van der Waals surface area contributed by atoms with E-state index >= 15 is 0 Å². The number of hydroxylamine groups is 2. The van der Waals surface area contributed by atoms with Crippen LogP contribution < -0.4 is 28.7 Å². The fourth-order valence-corrected chi connectivity index (χ4v) is 6.69. The van der Waals surface area contributed by atoms with Gasteiger partial charge < -0.3 is 33.6 Å². The van der Waals surface area contributed by atoms with Gasteiger partial charge in [-0.1, -0.05) is 0 Å². The lowest BCUT2D eigenvalue weighted by atomic mass is 9.65. The molecule has 0 spiro atoms. The molecule has 0 aromatic heterocycles. The normalized spacial score (nSPS) is 21.1. The first-order valence-corrected chi connectivity index (χ1v) is 14.7. The summed E-state index contributed by atoms with van der Waals surface area (Å²) in [6, 6.07) is 14.6. The van der Waals surface area contributed by atoms with E-state index in [1.165, 1.54) is 14.2 Å². The zero-order chi connectivity index (χ0) is 32.1. The number of amides is 2. The number of anilines is 1. The molecule has 0 unspecified atom stereocenters. The summed E-state index contributed by atoms with van der Waals surface area (Å²) >= 11 is 0. The zero-order valence-electron chi connectivity index (χ0n) is 25.3. The molecule has 0 saturated carbocycles. The average molecular weight is 630 g/mol. The van der Waals surface area contributed by atoms with E-state index in [2.05, 4.69) is 0 Å². The molecule has 7 rings (SSSR count). The third kappa shape index (κ3) is 4.74. The van der Waals surface area contributed by atoms with E-state index in [9.17, 15) is 19.5 Å². The highest BCUT2D eigenvalue weighted by atomic mass is 16.7. The van der Waals surface area contributed by atoms with Gasteiger partial charge in [-0.3, -0.25) is 14.6 Å². The van der Waals surface area contributed by atoms with Crippen LogP contribution in [-0.2, 0) is 25.8 Å². The number of hydrogen-bond acceptors (Lipinski definition) is 12. The van der Waals surface area contributed by atoms with E-state index in [-0.39, 0.29) is 32.8 Å². The fraction of sp³-hybridized carbons (Fsp3) is 0.333. The average Bonchev–Trinajstić information content (AvgIpc) is 3.81. The van der Waals surface area contributed by atoms with Gasteiger partial charge in [-0.15, -0.1) is 5.06 Å². The molecule has 1 aliphatic carbocycles. The molecular weight excluding hydrogens is 598 g/mol. The second kappa shape index (κ2) is 11.6. The molecule has 13 nitrogen and oxygen atoms in total. The van der Waals surface area contributed by atoms with Crippen LogP contribution in [0.5, 0.6) is 28.7 Å². The van der Waals surface area contributed by atoms with E-state index in [1.54, 1.807) is 24.3 Å². The van der Waals surface area contributed by atoms with Crippen molar-refractivity contribution in [3.63, 3.8) is 0 Å². The molecular formula is C33H31N3O10. The van der Waals surface area contributed by atoms with Crippen LogP contribution in [0.3, 0.4) is 0 Å². The van der Waals surface area contributed by atoms with Gasteiger partial charge in [0.2, 0.25) is 6.79 Å². The maximum atomic E-state index is 14.4. The molecule has 3 aromatic carbocycles. The highest BCUT2D eigenvalue weighted by molar-refractivity contribution is 6.10. The molecule has 1 saturated heterocycles. The second-order valence-corrected chi connectivity index (χ2v) is 11.2. The third-order valence-electron chi connectivity index (χ3n) is 8.83. The number of imide groups is 1. The Bertz CT molecular complexity index is 1730. The van der Waals surface area contributed by atoms with Gasteiger partial charge in [0.15, 0.2) is 23.0 Å². The van der Waals surface area contributed by atoms with Crippen molar-refractivity contribution in [1.29, 1.82) is 0 Å². The van der Waals surface area contributed by atoms with Crippen molar-refractivity contribution in [2.24, 2.45) is 16.9 Å². The Labute approximate surface area is 263 Å². The Kier molecular flexibility index (Phi) is 7.40. The van der Waals surface area contributed by atoms with E-state index < -0.39 is 35.5 Å². The van der Waals surface area contributed by atoms with Crippen molar-refractivity contribution in [3.8, 4) is 28.7 Å². The van der Waals surface area contributed by atoms with Crippen LogP contribution in [0, 0.1) is 11.8 Å². The van der Waals surface area contributed by atoms with Crippen molar-refractivity contribution in [1.82, 2.24) is 5.06 Å². The van der Waals surface area contributed by atoms with E-state index in [0.717, 1.165) is 11.3 Å². The lowest BCUT2D eigenvalue weighted by Gasteiger charge is -2.37. The summed E-state index contributed by atoms with van der Waals surface area (Å²) in [5.74, 6) is -1.74. The quantitative estimate of drug-likeness (QED) is 0.367. The first-order valence-electron chi connectivity index (χ1n) is 14.7. The number of ether oxygens (including phenoxy) is 5. The van der Waals surface area contributed by atoms with E-state index in [1.807, 2.05) is 36.4 Å². The summed E-state index contributed by atoms with van der Waals surface area (Å²) < 4.78 is 28.0. The standard InChI is InChI=1S/C33H31N3O10/c1-41-20-6-4-19(5-7-20)35-14-23-30(33(40)46-36-27(38)8-9-28(36)39)29(17-10-18(15-37)32(43-3)26(11-17)42-2)21-12-24-25(45-16-44-24)13-22(21)31(23)34-35/h4-7,10-13,23,29-30,37H,8-9,14-16H2,1-3H3/t23-,29+,30-/m0/s1. The first-order chi connectivity index (χ1) is 22.3. The van der Waals surface area contributed by atoms with Crippen molar-refractivity contribution in [3.05, 3.63) is 70.8 Å². The van der Waals surface area contributed by atoms with Crippen LogP contribution in [-0.4, -0.2) is 68.3 Å². The first kappa shape index (κ1) is 29.4. The topological polar surface area (TPSA) is 146 Å². The van der Waals surface area contributed by atoms with Crippen LogP contribution >= 0.6 is 0 Å². The summed E-state index contributed by atoms with van der Waals surface area (Å²) in [4.78, 5) is 45.0. The molecule has 3 atom stereocenters. The predicted octanol–water partition coefficient (Wildman–Crippen LogP) is 3.14. The maximum Gasteiger partial charge on any atom is 0.337 e. The van der Waals surface area contributed by atoms with Crippen molar-refractivity contribution >= 4 is 29.2 Å². The van der Waals surface area contributed by atoms with Crippen LogP contribution in [0.1, 0.15) is 41.0 Å². The summed E-state index contributed by atoms with van der Waals surface area (Å²) in [6.45, 7) is -0.0400. The van der Waals surface area contributed by atoms with Crippen molar-refractivity contribution in [2.75, 3.05) is 39.7 Å². The lowest BCUT2D eigenvalue weighted by Crippen LogP contribution is -2.44. The Morgan fingerprint density at radius 1 is 0.957 bits per heavy atom. The molecule has 0 radical (unpaired) electrons. The Balaban J connectivity index is 1.42. The summed E-state index contributed by atoms with van der Waals surface area (Å²) in [5, 5.41) is 17.7. The minimum atomic E-state index is -0.972. The smallest absolute Gasteiger partial charge is 0.337 e. The number of benzene rings is 3. The fourth-order valence-electron chi connectivity index (χ4n) is 6.69. The van der Waals surface area contributed by atoms with Gasteiger partial charge in [0.05, 0.1) is 51.8 Å². The number of hydrogen-bond donors (Lipinski definition) is 1. The number of aliphatic hydroxyl groups is 1. The van der Waals surface area contributed by atoms with Gasteiger partial charge in [0.25, 0.3) is 11.8 Å². The van der Waals surface area contributed by atoms with E-state index in [4.69, 9.17) is 33.6 Å². The molecule has 3 aromatic rings. The number of hydrazone groups is 1. The number of carbonyl (C=O) groups is 3. The summed E-state index contributed by atoms with van der Waals surface area (Å²) in [6.07, 6.45) is -0.0765. The maximum absolute atomic E-state index is 14.4. The summed E-state index contributed by atoms with van der Waals surface area (Å²) in [5.41, 5.74) is 3.88. The Hall–Kier alpha value is -5.30. The number of fused-ring (bicyclic) bond motifs is 4. The number of nitrogens with zero attached hydrogens (tertiary/aromatic N) is 3. The van der Waals surface area contributed by atoms with Gasteiger partial charge >= 0.3 is 5.97 Å². The van der Waals surface area contributed by atoms with Gasteiger partial charge in [0.1, 0.15) is 5.75 Å². The molecule has 1 fully saturated rings. The van der Waals surface area contributed by atoms with Crippen LogP contribution in [0.2, 0.25) is 0 Å². The Morgan fingerprint density at radius 3 is 2.33 bits per heavy atom. The molecule has 13 heteroatoms. The number of rotatable bonds is 8. The highest BCUT2D eigenvalue weighted by Gasteiger charge is 2.51. The molecule has 3 heterocycles. The van der Waals surface area contributed by atoms with Crippen molar-refractivity contribution in [2.45, 2.75) is 25.4 Å². The largest absolute Gasteiger partial charge is 0.497 e. The molecule has 238 valence electrons. The number of aliphatic hydroxyl groups excluding tert-OH is 1. The highest BCUT2D eigenvalue weighted by Crippen LogP contribution is 2.52. The molecule has 1 N–H and O–H groups in total. The summed E-state index contributed by atoms with van der Waals surface area (Å²) in [7, 11) is 4.55. The minimum absolute atomic E-state index is 0.0342. The van der Waals surface area contributed by atoms with Gasteiger partial charge in [-0.25, -0.2) is 4.79 Å². The second-order valence-electron chi connectivity index (χ2n) is 11.2. The number of carbonyl (C=O) groups excluding carboxylic acids is 3. The SMILES string of the molecule is COc1ccc(N2C[C@@H]3C(=N2)c2cc4c(cc2[C@@H](c2cc(CO)c(OC)c(OC)c2)[C@H]3C(=O)ON2C(=O)CCC2=O)OCO4)cc1. The third-order valence-corrected chi connectivity index (χ3v) is 8.83. The molecule has 0 bridgehead atoms. The van der Waals surface area contributed by atoms with Gasteiger partial charge in [-0.2, -0.15) is 5.10 Å². The monoisotopic (exact) mass is 629 g/mol. The minimum Gasteiger partial charge on any atom is -0.497 e.